The first-order valence-corrected chi connectivity index (χ1v) is 9.80. The van der Waals surface area contributed by atoms with Crippen LogP contribution < -0.4 is 15.0 Å². The van der Waals surface area contributed by atoms with Crippen LogP contribution in [0.15, 0.2) is 48.5 Å². The minimum Gasteiger partial charge on any atom is -0.497 e. The molecule has 2 aromatic carbocycles. The van der Waals surface area contributed by atoms with Crippen LogP contribution >= 0.6 is 0 Å². The van der Waals surface area contributed by atoms with E-state index in [1.165, 1.54) is 56.6 Å². The van der Waals surface area contributed by atoms with Gasteiger partial charge in [0.2, 0.25) is 11.3 Å². The van der Waals surface area contributed by atoms with Crippen molar-refractivity contribution in [3.05, 3.63) is 59.7 Å². The molecule has 1 heterocycles. The Bertz CT molecular complexity index is 1070. The van der Waals surface area contributed by atoms with Crippen molar-refractivity contribution in [2.24, 2.45) is 0 Å². The van der Waals surface area contributed by atoms with Gasteiger partial charge in [-0.15, -0.1) is 0 Å². The van der Waals surface area contributed by atoms with E-state index in [0.29, 0.717) is 5.75 Å². The molecule has 1 unspecified atom stereocenters. The number of Topliss-reactive ketones (excluding diaryl/α,β-unsaturated/α-hetero) is 1. The molecule has 9 heteroatoms. The number of fused-ring (bicyclic) bond motifs is 1. The van der Waals surface area contributed by atoms with E-state index in [-0.39, 0.29) is 16.8 Å². The van der Waals surface area contributed by atoms with Gasteiger partial charge in [0.1, 0.15) is 11.4 Å². The monoisotopic (exact) mass is 446 g/mol. The van der Waals surface area contributed by atoms with E-state index in [0.717, 1.165) is 4.90 Å². The van der Waals surface area contributed by atoms with Crippen molar-refractivity contribution in [2.75, 3.05) is 19.1 Å². The lowest BCUT2D eigenvalue weighted by Crippen LogP contribution is -2.66. The molecule has 1 atom stereocenters. The Balaban J connectivity index is 2.23. The third-order valence-corrected chi connectivity index (χ3v) is 5.08. The standard InChI is InChI=1S/C23H24F2N2O5/c1-21(2,3)32-20(30)26-22(23(24,25)18(28)14-9-7-6-8-10-14)16-12-11-15(31-5)13-17(16)27(4)19(22)29/h6-13H,1-5H3,(H,26,30). The fourth-order valence-electron chi connectivity index (χ4n) is 3.61. The normalized spacial score (nSPS) is 18.2. The molecule has 0 bridgehead atoms. The lowest BCUT2D eigenvalue weighted by atomic mass is 9.80. The Morgan fingerprint density at radius 1 is 1.06 bits per heavy atom. The second kappa shape index (κ2) is 7.89. The highest BCUT2D eigenvalue weighted by Crippen LogP contribution is 2.50. The quantitative estimate of drug-likeness (QED) is 0.704. The Morgan fingerprint density at radius 3 is 2.25 bits per heavy atom. The number of alkyl halides is 2. The molecule has 170 valence electrons. The molecule has 2 aromatic rings. The van der Waals surface area contributed by atoms with E-state index >= 15 is 8.78 Å². The van der Waals surface area contributed by atoms with Crippen molar-refractivity contribution in [1.29, 1.82) is 0 Å². The summed E-state index contributed by atoms with van der Waals surface area (Å²) in [7, 11) is 2.67. The van der Waals surface area contributed by atoms with Gasteiger partial charge < -0.3 is 14.4 Å². The summed E-state index contributed by atoms with van der Waals surface area (Å²) in [6.45, 7) is 4.65. The maximum Gasteiger partial charge on any atom is 0.408 e. The van der Waals surface area contributed by atoms with Crippen molar-refractivity contribution >= 4 is 23.5 Å². The van der Waals surface area contributed by atoms with Crippen LogP contribution in [0.1, 0.15) is 36.7 Å². The van der Waals surface area contributed by atoms with Crippen LogP contribution in [-0.4, -0.2) is 43.5 Å². The summed E-state index contributed by atoms with van der Waals surface area (Å²) < 4.78 is 42.4. The zero-order chi connectivity index (χ0) is 23.9. The summed E-state index contributed by atoms with van der Waals surface area (Å²) >= 11 is 0. The summed E-state index contributed by atoms with van der Waals surface area (Å²) in [4.78, 5) is 39.9. The molecule has 0 aromatic heterocycles. The highest BCUT2D eigenvalue weighted by atomic mass is 19.3. The zero-order valence-corrected chi connectivity index (χ0v) is 18.4. The summed E-state index contributed by atoms with van der Waals surface area (Å²) in [6, 6.07) is 10.9. The van der Waals surface area contributed by atoms with Crippen LogP contribution in [0.5, 0.6) is 5.75 Å². The number of carbonyl (C=O) groups is 3. The molecule has 0 fully saturated rings. The Labute approximate surface area is 184 Å². The van der Waals surface area contributed by atoms with Crippen LogP contribution in [0.25, 0.3) is 0 Å². The number of benzene rings is 2. The van der Waals surface area contributed by atoms with Crippen LogP contribution in [0.2, 0.25) is 0 Å². The predicted octanol–water partition coefficient (Wildman–Crippen LogP) is 3.91. The Morgan fingerprint density at radius 2 is 1.69 bits per heavy atom. The molecule has 0 aliphatic carbocycles. The number of likely N-dealkylation sites (N-methyl/N-ethyl adjacent to an activating group) is 1. The largest absolute Gasteiger partial charge is 0.497 e. The predicted molar refractivity (Wildman–Crippen MR) is 113 cm³/mol. The third kappa shape index (κ3) is 3.68. The van der Waals surface area contributed by atoms with Crippen LogP contribution in [0, 0.1) is 0 Å². The van der Waals surface area contributed by atoms with Crippen molar-refractivity contribution in [1.82, 2.24) is 5.32 Å². The van der Waals surface area contributed by atoms with Crippen molar-refractivity contribution in [3.8, 4) is 5.75 Å². The van der Waals surface area contributed by atoms with Crippen molar-refractivity contribution < 1.29 is 32.6 Å². The molecular formula is C23H24F2N2O5. The summed E-state index contributed by atoms with van der Waals surface area (Å²) in [6.07, 6.45) is -1.26. The minimum atomic E-state index is -4.35. The number of alkyl carbamates (subject to hydrolysis) is 1. The smallest absolute Gasteiger partial charge is 0.408 e. The van der Waals surface area contributed by atoms with E-state index in [9.17, 15) is 14.4 Å². The number of nitrogens with zero attached hydrogens (tertiary/aromatic N) is 1. The van der Waals surface area contributed by atoms with E-state index < -0.39 is 34.8 Å². The second-order valence-electron chi connectivity index (χ2n) is 8.39. The lowest BCUT2D eigenvalue weighted by molar-refractivity contribution is -0.138. The number of hydrogen-bond acceptors (Lipinski definition) is 5. The van der Waals surface area contributed by atoms with E-state index in [1.54, 1.807) is 26.8 Å². The number of methoxy groups -OCH3 is 1. The molecule has 3 rings (SSSR count). The van der Waals surface area contributed by atoms with Crippen molar-refractivity contribution in [3.63, 3.8) is 0 Å². The fraction of sp³-hybridized carbons (Fsp3) is 0.348. The van der Waals surface area contributed by atoms with Gasteiger partial charge in [-0.25, -0.2) is 4.79 Å². The number of amides is 2. The molecule has 2 amide bonds. The molecule has 32 heavy (non-hydrogen) atoms. The van der Waals surface area contributed by atoms with Crippen LogP contribution in [-0.2, 0) is 15.1 Å². The van der Waals surface area contributed by atoms with E-state index in [4.69, 9.17) is 9.47 Å². The van der Waals surface area contributed by atoms with Gasteiger partial charge in [0.05, 0.1) is 12.8 Å². The first kappa shape index (κ1) is 23.2. The van der Waals surface area contributed by atoms with E-state index in [1.807, 2.05) is 5.32 Å². The molecule has 0 radical (unpaired) electrons. The van der Waals surface area contributed by atoms with Gasteiger partial charge in [0.15, 0.2) is 0 Å². The number of halogens is 2. The maximum atomic E-state index is 16.0. The minimum absolute atomic E-state index is 0.0749. The maximum absolute atomic E-state index is 16.0. The number of carbonyl (C=O) groups excluding carboxylic acids is 3. The number of anilines is 1. The van der Waals surface area contributed by atoms with Crippen LogP contribution in [0.4, 0.5) is 19.3 Å². The van der Waals surface area contributed by atoms with Crippen LogP contribution in [0.3, 0.4) is 0 Å². The van der Waals surface area contributed by atoms with Gasteiger partial charge in [-0.3, -0.25) is 14.9 Å². The molecule has 1 aliphatic rings. The van der Waals surface area contributed by atoms with Gasteiger partial charge in [0.25, 0.3) is 5.91 Å². The second-order valence-corrected chi connectivity index (χ2v) is 8.39. The topological polar surface area (TPSA) is 84.9 Å². The highest BCUT2D eigenvalue weighted by Gasteiger charge is 2.70. The lowest BCUT2D eigenvalue weighted by Gasteiger charge is -2.36. The number of nitrogens with one attached hydrogen (secondary N) is 1. The Hall–Kier alpha value is -3.49. The highest BCUT2D eigenvalue weighted by molar-refractivity contribution is 6.15. The molecule has 1 N–H and O–H groups in total. The number of rotatable bonds is 5. The van der Waals surface area contributed by atoms with Gasteiger partial charge in [-0.1, -0.05) is 36.4 Å². The number of ketones is 1. The third-order valence-electron chi connectivity index (χ3n) is 5.08. The summed E-state index contributed by atoms with van der Waals surface area (Å²) in [5, 5.41) is 2.05. The molecule has 0 saturated heterocycles. The first-order valence-electron chi connectivity index (χ1n) is 9.80. The molecule has 7 nitrogen and oxygen atoms in total. The molecule has 1 aliphatic heterocycles. The van der Waals surface area contributed by atoms with Gasteiger partial charge in [0, 0.05) is 24.2 Å². The number of hydrogen-bond donors (Lipinski definition) is 1. The molecular weight excluding hydrogens is 422 g/mol. The van der Waals surface area contributed by atoms with Crippen molar-refractivity contribution in [2.45, 2.75) is 37.8 Å². The summed E-state index contributed by atoms with van der Waals surface area (Å²) in [5.74, 6) is -6.83. The zero-order valence-electron chi connectivity index (χ0n) is 18.4. The fourth-order valence-corrected chi connectivity index (χ4v) is 3.61. The number of ether oxygens (including phenoxy) is 2. The summed E-state index contributed by atoms with van der Waals surface area (Å²) in [5.41, 5.74) is -4.52. The molecule has 0 spiro atoms. The van der Waals surface area contributed by atoms with E-state index in [2.05, 4.69) is 0 Å². The SMILES string of the molecule is COc1ccc2c(c1)N(C)C(=O)C2(NC(=O)OC(C)(C)C)C(F)(F)C(=O)c1ccccc1. The Kier molecular flexibility index (Phi) is 5.71. The first-order chi connectivity index (χ1) is 14.8. The molecule has 0 saturated carbocycles. The van der Waals surface area contributed by atoms with Gasteiger partial charge >= 0.3 is 12.0 Å². The van der Waals surface area contributed by atoms with Gasteiger partial charge in [-0.05, 0) is 26.8 Å². The average Bonchev–Trinajstić information content (AvgIpc) is 2.94. The van der Waals surface area contributed by atoms with Gasteiger partial charge in [-0.2, -0.15) is 8.78 Å². The average molecular weight is 446 g/mol.